The van der Waals surface area contributed by atoms with Crippen LogP contribution in [0.5, 0.6) is 5.75 Å². The second-order valence-electron chi connectivity index (χ2n) is 5.62. The van der Waals surface area contributed by atoms with Crippen molar-refractivity contribution < 1.29 is 23.0 Å². The van der Waals surface area contributed by atoms with Crippen LogP contribution < -0.4 is 10.1 Å². The second-order valence-corrected chi connectivity index (χ2v) is 5.62. The number of carbonyl (C=O) groups is 1. The molecule has 1 N–H and O–H groups in total. The fourth-order valence-electron chi connectivity index (χ4n) is 2.29. The van der Waals surface area contributed by atoms with Crippen molar-refractivity contribution in [3.63, 3.8) is 0 Å². The molecule has 134 valence electrons. The molecule has 6 heteroatoms. The van der Waals surface area contributed by atoms with Crippen LogP contribution in [0, 0.1) is 11.6 Å². The van der Waals surface area contributed by atoms with Gasteiger partial charge in [0, 0.05) is 12.6 Å². The molecule has 0 aliphatic rings. The predicted octanol–water partition coefficient (Wildman–Crippen LogP) is 3.24. The zero-order valence-electron chi connectivity index (χ0n) is 14.2. The van der Waals surface area contributed by atoms with Crippen LogP contribution in [-0.4, -0.2) is 25.7 Å². The van der Waals surface area contributed by atoms with Crippen molar-refractivity contribution in [1.82, 2.24) is 5.32 Å². The molecule has 0 aromatic heterocycles. The molecule has 2 aromatic carbocycles. The van der Waals surface area contributed by atoms with Gasteiger partial charge in [-0.25, -0.2) is 8.78 Å². The minimum Gasteiger partial charge on any atom is -0.497 e. The standard InChI is InChI=1S/C19H21F2NO3/c1-13(25-12-15-4-3-5-18(10-15)24-2)19(23)22-7-6-14-8-16(20)11-17(21)9-14/h3-5,8-11,13H,6-7,12H2,1-2H3,(H,22,23). The Hall–Kier alpha value is -2.47. The quantitative estimate of drug-likeness (QED) is 0.796. The molecule has 0 radical (unpaired) electrons. The number of hydrogen-bond donors (Lipinski definition) is 1. The average Bonchev–Trinajstić information content (AvgIpc) is 2.59. The highest BCUT2D eigenvalue weighted by Gasteiger charge is 2.13. The molecule has 0 fully saturated rings. The number of benzene rings is 2. The van der Waals surface area contributed by atoms with Gasteiger partial charge >= 0.3 is 0 Å². The number of methoxy groups -OCH3 is 1. The molecule has 0 aliphatic carbocycles. The Kier molecular flexibility index (Phi) is 6.89. The van der Waals surface area contributed by atoms with E-state index in [9.17, 15) is 13.6 Å². The van der Waals surface area contributed by atoms with Crippen molar-refractivity contribution in [3.05, 3.63) is 65.2 Å². The molecule has 0 spiro atoms. The van der Waals surface area contributed by atoms with E-state index >= 15 is 0 Å². The Labute approximate surface area is 145 Å². The minimum absolute atomic E-state index is 0.272. The molecule has 0 saturated carbocycles. The van der Waals surface area contributed by atoms with Gasteiger partial charge in [-0.1, -0.05) is 12.1 Å². The Morgan fingerprint density at radius 2 is 1.84 bits per heavy atom. The van der Waals surface area contributed by atoms with Gasteiger partial charge in [-0.15, -0.1) is 0 Å². The molecule has 0 bridgehead atoms. The maximum Gasteiger partial charge on any atom is 0.248 e. The van der Waals surface area contributed by atoms with Crippen LogP contribution in [0.1, 0.15) is 18.1 Å². The van der Waals surface area contributed by atoms with E-state index in [4.69, 9.17) is 9.47 Å². The summed E-state index contributed by atoms with van der Waals surface area (Å²) in [7, 11) is 1.58. The molecule has 0 aliphatic heterocycles. The SMILES string of the molecule is COc1cccc(COC(C)C(=O)NCCc2cc(F)cc(F)c2)c1. The lowest BCUT2D eigenvalue weighted by Crippen LogP contribution is -2.35. The first-order valence-electron chi connectivity index (χ1n) is 7.95. The summed E-state index contributed by atoms with van der Waals surface area (Å²) in [5, 5.41) is 2.70. The van der Waals surface area contributed by atoms with Crippen molar-refractivity contribution in [3.8, 4) is 5.75 Å². The van der Waals surface area contributed by atoms with Crippen LogP contribution in [0.2, 0.25) is 0 Å². The van der Waals surface area contributed by atoms with Crippen molar-refractivity contribution in [2.75, 3.05) is 13.7 Å². The van der Waals surface area contributed by atoms with Crippen molar-refractivity contribution in [2.45, 2.75) is 26.1 Å². The van der Waals surface area contributed by atoms with E-state index in [0.717, 1.165) is 17.4 Å². The highest BCUT2D eigenvalue weighted by Crippen LogP contribution is 2.14. The van der Waals surface area contributed by atoms with Crippen LogP contribution in [0.15, 0.2) is 42.5 Å². The average molecular weight is 349 g/mol. The van der Waals surface area contributed by atoms with Crippen molar-refractivity contribution in [2.24, 2.45) is 0 Å². The zero-order valence-corrected chi connectivity index (χ0v) is 14.2. The van der Waals surface area contributed by atoms with E-state index in [-0.39, 0.29) is 19.1 Å². The summed E-state index contributed by atoms with van der Waals surface area (Å²) in [5.41, 5.74) is 1.39. The topological polar surface area (TPSA) is 47.6 Å². The number of amides is 1. The maximum absolute atomic E-state index is 13.1. The molecule has 2 aromatic rings. The van der Waals surface area contributed by atoms with Gasteiger partial charge in [0.25, 0.3) is 0 Å². The summed E-state index contributed by atoms with van der Waals surface area (Å²) in [4.78, 5) is 12.0. The number of carbonyl (C=O) groups excluding carboxylic acids is 1. The summed E-state index contributed by atoms with van der Waals surface area (Å²) in [5.74, 6) is -0.812. The van der Waals surface area contributed by atoms with Crippen LogP contribution in [-0.2, 0) is 22.6 Å². The highest BCUT2D eigenvalue weighted by molar-refractivity contribution is 5.80. The fourth-order valence-corrected chi connectivity index (χ4v) is 2.29. The van der Waals surface area contributed by atoms with Gasteiger partial charge in [0.05, 0.1) is 13.7 Å². The normalized spacial score (nSPS) is 11.8. The van der Waals surface area contributed by atoms with Crippen LogP contribution in [0.25, 0.3) is 0 Å². The van der Waals surface area contributed by atoms with Gasteiger partial charge in [-0.2, -0.15) is 0 Å². The van der Waals surface area contributed by atoms with Gasteiger partial charge in [-0.05, 0) is 48.7 Å². The number of rotatable bonds is 8. The van der Waals surface area contributed by atoms with E-state index < -0.39 is 17.7 Å². The Balaban J connectivity index is 1.76. The largest absolute Gasteiger partial charge is 0.497 e. The van der Waals surface area contributed by atoms with Crippen LogP contribution in [0.4, 0.5) is 8.78 Å². The van der Waals surface area contributed by atoms with Gasteiger partial charge < -0.3 is 14.8 Å². The van der Waals surface area contributed by atoms with Crippen molar-refractivity contribution in [1.29, 1.82) is 0 Å². The first-order valence-corrected chi connectivity index (χ1v) is 7.95. The minimum atomic E-state index is -0.643. The first-order chi connectivity index (χ1) is 12.0. The summed E-state index contributed by atoms with van der Waals surface area (Å²) in [6, 6.07) is 10.7. The summed E-state index contributed by atoms with van der Waals surface area (Å²) in [6.07, 6.45) is -0.307. The lowest BCUT2D eigenvalue weighted by Gasteiger charge is -2.14. The number of nitrogens with one attached hydrogen (secondary N) is 1. The number of halogens is 2. The highest BCUT2D eigenvalue weighted by atomic mass is 19.1. The Bertz CT molecular complexity index is 701. The van der Waals surface area contributed by atoms with Crippen LogP contribution in [0.3, 0.4) is 0 Å². The molecule has 0 heterocycles. The smallest absolute Gasteiger partial charge is 0.248 e. The summed E-state index contributed by atoms with van der Waals surface area (Å²) in [6.45, 7) is 2.20. The van der Waals surface area contributed by atoms with E-state index in [1.54, 1.807) is 14.0 Å². The van der Waals surface area contributed by atoms with Gasteiger partial charge in [0.2, 0.25) is 5.91 Å². The monoisotopic (exact) mass is 349 g/mol. The van der Waals surface area contributed by atoms with E-state index in [1.165, 1.54) is 12.1 Å². The van der Waals surface area contributed by atoms with Gasteiger partial charge in [0.15, 0.2) is 0 Å². The van der Waals surface area contributed by atoms with Gasteiger partial charge in [-0.3, -0.25) is 4.79 Å². The fraction of sp³-hybridized carbons (Fsp3) is 0.316. The molecule has 2 rings (SSSR count). The summed E-state index contributed by atoms with van der Waals surface area (Å²) >= 11 is 0. The summed E-state index contributed by atoms with van der Waals surface area (Å²) < 4.78 is 36.9. The zero-order chi connectivity index (χ0) is 18.2. The third kappa shape index (κ3) is 6.15. The third-order valence-electron chi connectivity index (χ3n) is 3.64. The molecule has 1 atom stereocenters. The lowest BCUT2D eigenvalue weighted by atomic mass is 10.1. The molecule has 25 heavy (non-hydrogen) atoms. The number of hydrogen-bond acceptors (Lipinski definition) is 3. The molecule has 1 unspecified atom stereocenters. The van der Waals surface area contributed by atoms with E-state index in [1.807, 2.05) is 24.3 Å². The molecular weight excluding hydrogens is 328 g/mol. The molecule has 4 nitrogen and oxygen atoms in total. The maximum atomic E-state index is 13.1. The van der Waals surface area contributed by atoms with Gasteiger partial charge in [0.1, 0.15) is 23.5 Å². The Morgan fingerprint density at radius 1 is 1.12 bits per heavy atom. The molecule has 1 amide bonds. The van der Waals surface area contributed by atoms with E-state index in [2.05, 4.69) is 5.32 Å². The van der Waals surface area contributed by atoms with E-state index in [0.29, 0.717) is 12.0 Å². The van der Waals surface area contributed by atoms with Crippen LogP contribution >= 0.6 is 0 Å². The molecular formula is C19H21F2NO3. The van der Waals surface area contributed by atoms with Crippen molar-refractivity contribution >= 4 is 5.91 Å². The third-order valence-corrected chi connectivity index (χ3v) is 3.64. The predicted molar refractivity (Wildman–Crippen MR) is 90.3 cm³/mol. The second kappa shape index (κ2) is 9.13. The lowest BCUT2D eigenvalue weighted by molar-refractivity contribution is -0.132. The first kappa shape index (κ1) is 18.9. The number of ether oxygens (including phenoxy) is 2. The Morgan fingerprint density at radius 3 is 2.52 bits per heavy atom. The molecule has 0 saturated heterocycles.